The van der Waals surface area contributed by atoms with E-state index in [2.05, 4.69) is 23.8 Å². The molecular formula is C11H23N3. The zero-order chi connectivity index (χ0) is 10.1. The third-order valence-electron chi connectivity index (χ3n) is 3.91. The molecule has 0 saturated carbocycles. The van der Waals surface area contributed by atoms with Crippen molar-refractivity contribution in [1.29, 1.82) is 0 Å². The van der Waals surface area contributed by atoms with E-state index < -0.39 is 0 Å². The van der Waals surface area contributed by atoms with Gasteiger partial charge in [-0.1, -0.05) is 6.92 Å². The second-order valence-corrected chi connectivity index (χ2v) is 4.93. The van der Waals surface area contributed by atoms with Gasteiger partial charge in [0.05, 0.1) is 0 Å². The highest BCUT2D eigenvalue weighted by atomic mass is 15.3. The van der Waals surface area contributed by atoms with Gasteiger partial charge in [0, 0.05) is 31.2 Å². The molecule has 2 heterocycles. The van der Waals surface area contributed by atoms with Crippen molar-refractivity contribution in [1.82, 2.24) is 9.80 Å². The second-order valence-electron chi connectivity index (χ2n) is 4.93. The number of piperidine rings is 1. The van der Waals surface area contributed by atoms with E-state index in [9.17, 15) is 0 Å². The summed E-state index contributed by atoms with van der Waals surface area (Å²) in [6, 6.07) is 2.07. The van der Waals surface area contributed by atoms with Crippen molar-refractivity contribution in [2.75, 3.05) is 26.7 Å². The van der Waals surface area contributed by atoms with Crippen LogP contribution in [0.25, 0.3) is 0 Å². The number of likely N-dealkylation sites (tertiary alicyclic amines) is 2. The molecule has 3 nitrogen and oxygen atoms in total. The first kappa shape index (κ1) is 10.4. The van der Waals surface area contributed by atoms with E-state index in [0.29, 0.717) is 6.04 Å². The molecule has 14 heavy (non-hydrogen) atoms. The molecule has 2 aliphatic heterocycles. The summed E-state index contributed by atoms with van der Waals surface area (Å²) in [7, 11) is 2.26. The van der Waals surface area contributed by atoms with E-state index >= 15 is 0 Å². The lowest BCUT2D eigenvalue weighted by Crippen LogP contribution is -2.61. The van der Waals surface area contributed by atoms with Crippen LogP contribution in [0.15, 0.2) is 0 Å². The van der Waals surface area contributed by atoms with Crippen molar-refractivity contribution in [3.8, 4) is 0 Å². The molecule has 2 saturated heterocycles. The van der Waals surface area contributed by atoms with E-state index in [1.165, 1.54) is 25.8 Å². The van der Waals surface area contributed by atoms with Gasteiger partial charge in [-0.25, -0.2) is 0 Å². The van der Waals surface area contributed by atoms with Crippen LogP contribution in [-0.4, -0.2) is 54.6 Å². The molecule has 0 aromatic heterocycles. The normalized spacial score (nSPS) is 37.1. The maximum atomic E-state index is 5.82. The van der Waals surface area contributed by atoms with Crippen LogP contribution in [0, 0.1) is 0 Å². The van der Waals surface area contributed by atoms with Gasteiger partial charge in [0.15, 0.2) is 0 Å². The molecule has 82 valence electrons. The van der Waals surface area contributed by atoms with Crippen LogP contribution in [0.5, 0.6) is 0 Å². The van der Waals surface area contributed by atoms with Gasteiger partial charge >= 0.3 is 0 Å². The number of nitrogens with zero attached hydrogens (tertiary/aromatic N) is 2. The summed E-state index contributed by atoms with van der Waals surface area (Å²) in [5.41, 5.74) is 5.82. The average molecular weight is 197 g/mol. The minimum absolute atomic E-state index is 0.453. The van der Waals surface area contributed by atoms with Crippen LogP contribution in [0.3, 0.4) is 0 Å². The second kappa shape index (κ2) is 4.17. The highest BCUT2D eigenvalue weighted by molar-refractivity contribution is 4.92. The lowest BCUT2D eigenvalue weighted by atomic mass is 9.92. The first-order valence-electron chi connectivity index (χ1n) is 5.90. The smallest absolute Gasteiger partial charge is 0.0297 e. The Labute approximate surface area is 87.2 Å². The SMILES string of the molecule is CCC1CC(N2CC(N)C2)CCN1C. The first-order valence-corrected chi connectivity index (χ1v) is 5.90. The maximum Gasteiger partial charge on any atom is 0.0297 e. The Bertz CT molecular complexity index is 189. The van der Waals surface area contributed by atoms with Crippen molar-refractivity contribution < 1.29 is 0 Å². The van der Waals surface area contributed by atoms with Crippen LogP contribution in [0.1, 0.15) is 26.2 Å². The van der Waals surface area contributed by atoms with Gasteiger partial charge in [-0.05, 0) is 32.9 Å². The zero-order valence-electron chi connectivity index (χ0n) is 9.45. The third-order valence-corrected chi connectivity index (χ3v) is 3.91. The highest BCUT2D eigenvalue weighted by Crippen LogP contribution is 2.25. The average Bonchev–Trinajstić information content (AvgIpc) is 2.14. The van der Waals surface area contributed by atoms with Crippen molar-refractivity contribution in [3.05, 3.63) is 0 Å². The summed E-state index contributed by atoms with van der Waals surface area (Å²) in [5, 5.41) is 0. The minimum Gasteiger partial charge on any atom is -0.325 e. The molecular weight excluding hydrogens is 174 g/mol. The molecule has 2 rings (SSSR count). The molecule has 0 aliphatic carbocycles. The maximum absolute atomic E-state index is 5.82. The quantitative estimate of drug-likeness (QED) is 0.700. The molecule has 0 radical (unpaired) electrons. The van der Waals surface area contributed by atoms with Crippen LogP contribution in [-0.2, 0) is 0 Å². The minimum atomic E-state index is 0.453. The van der Waals surface area contributed by atoms with Crippen LogP contribution < -0.4 is 5.73 Å². The van der Waals surface area contributed by atoms with E-state index in [1.807, 2.05) is 0 Å². The predicted molar refractivity (Wildman–Crippen MR) is 59.3 cm³/mol. The molecule has 2 aliphatic rings. The van der Waals surface area contributed by atoms with Crippen molar-refractivity contribution in [2.45, 2.75) is 44.3 Å². The molecule has 3 heteroatoms. The Balaban J connectivity index is 1.84. The topological polar surface area (TPSA) is 32.5 Å². The molecule has 0 aromatic carbocycles. The van der Waals surface area contributed by atoms with Crippen LogP contribution in [0.4, 0.5) is 0 Å². The van der Waals surface area contributed by atoms with Gasteiger partial charge in [-0.3, -0.25) is 4.90 Å². The molecule has 2 atom stereocenters. The monoisotopic (exact) mass is 197 g/mol. The Morgan fingerprint density at radius 1 is 1.36 bits per heavy atom. The largest absolute Gasteiger partial charge is 0.325 e. The standard InChI is InChI=1S/C11H23N3/c1-3-10-6-11(4-5-13(10)2)14-7-9(12)8-14/h9-11H,3-8,12H2,1-2H3. The molecule has 0 aromatic rings. The summed E-state index contributed by atoms with van der Waals surface area (Å²) in [6.07, 6.45) is 3.96. The van der Waals surface area contributed by atoms with Crippen LogP contribution >= 0.6 is 0 Å². The number of rotatable bonds is 2. The molecule has 2 unspecified atom stereocenters. The Morgan fingerprint density at radius 2 is 2.07 bits per heavy atom. The molecule has 0 spiro atoms. The number of nitrogens with two attached hydrogens (primary N) is 1. The van der Waals surface area contributed by atoms with Crippen molar-refractivity contribution in [2.24, 2.45) is 5.73 Å². The fourth-order valence-corrected chi connectivity index (χ4v) is 2.80. The lowest BCUT2D eigenvalue weighted by Gasteiger charge is -2.47. The molecule has 0 amide bonds. The van der Waals surface area contributed by atoms with E-state index in [-0.39, 0.29) is 0 Å². The number of hydrogen-bond acceptors (Lipinski definition) is 3. The van der Waals surface area contributed by atoms with E-state index in [0.717, 1.165) is 25.2 Å². The van der Waals surface area contributed by atoms with Crippen molar-refractivity contribution >= 4 is 0 Å². The summed E-state index contributed by atoms with van der Waals surface area (Å²) in [4.78, 5) is 5.08. The fourth-order valence-electron chi connectivity index (χ4n) is 2.80. The third kappa shape index (κ3) is 1.95. The van der Waals surface area contributed by atoms with Gasteiger partial charge in [-0.15, -0.1) is 0 Å². The van der Waals surface area contributed by atoms with E-state index in [4.69, 9.17) is 5.73 Å². The van der Waals surface area contributed by atoms with Gasteiger partial charge in [-0.2, -0.15) is 0 Å². The van der Waals surface area contributed by atoms with Gasteiger partial charge < -0.3 is 10.6 Å². The molecule has 2 N–H and O–H groups in total. The van der Waals surface area contributed by atoms with Gasteiger partial charge in [0.25, 0.3) is 0 Å². The fraction of sp³-hybridized carbons (Fsp3) is 1.00. The lowest BCUT2D eigenvalue weighted by molar-refractivity contribution is 0.0309. The zero-order valence-corrected chi connectivity index (χ0v) is 9.45. The Hall–Kier alpha value is -0.120. The van der Waals surface area contributed by atoms with Crippen LogP contribution in [0.2, 0.25) is 0 Å². The molecule has 2 fully saturated rings. The summed E-state index contributed by atoms with van der Waals surface area (Å²) in [6.45, 7) is 5.82. The van der Waals surface area contributed by atoms with Gasteiger partial charge in [0.2, 0.25) is 0 Å². The first-order chi connectivity index (χ1) is 6.70. The predicted octanol–water partition coefficient (Wildman–Crippen LogP) is 0.502. The Morgan fingerprint density at radius 3 is 2.64 bits per heavy atom. The summed E-state index contributed by atoms with van der Waals surface area (Å²) in [5.74, 6) is 0. The van der Waals surface area contributed by atoms with Gasteiger partial charge in [0.1, 0.15) is 0 Å². The van der Waals surface area contributed by atoms with Crippen molar-refractivity contribution in [3.63, 3.8) is 0 Å². The highest BCUT2D eigenvalue weighted by Gasteiger charge is 2.34. The van der Waals surface area contributed by atoms with E-state index in [1.54, 1.807) is 0 Å². The summed E-state index contributed by atoms with van der Waals surface area (Å²) >= 11 is 0. The number of hydrogen-bond donors (Lipinski definition) is 1. The Kier molecular flexibility index (Phi) is 3.10. The molecule has 0 bridgehead atoms. The summed E-state index contributed by atoms with van der Waals surface area (Å²) < 4.78 is 0.